The Bertz CT molecular complexity index is 766. The minimum atomic E-state index is -6.08. The summed E-state index contributed by atoms with van der Waals surface area (Å²) in [5.41, 5.74) is -6.91. The minimum Gasteiger partial charge on any atom is -0.494 e. The number of aliphatic hydroxyl groups is 1. The van der Waals surface area contributed by atoms with Crippen molar-refractivity contribution in [3.8, 4) is 11.5 Å². The molecule has 0 saturated heterocycles. The normalized spacial score (nSPS) is 15.2. The number of carbonyl (C=O) groups excluding carboxylic acids is 1. The first-order valence-corrected chi connectivity index (χ1v) is 7.38. The minimum absolute atomic E-state index is 0.172. The number of anilines is 1. The van der Waals surface area contributed by atoms with Gasteiger partial charge in [0.1, 0.15) is 17.2 Å². The van der Waals surface area contributed by atoms with Gasteiger partial charge in [-0.25, -0.2) is 0 Å². The number of methoxy groups -OCH3 is 2. The highest BCUT2D eigenvalue weighted by Gasteiger charge is 2.71. The van der Waals surface area contributed by atoms with Crippen LogP contribution in [0.3, 0.4) is 0 Å². The molecule has 156 valence electrons. The first kappa shape index (κ1) is 21.6. The molecule has 1 aliphatic heterocycles. The molecule has 1 aromatic rings. The molecule has 0 radical (unpaired) electrons. The van der Waals surface area contributed by atoms with Crippen LogP contribution in [0.25, 0.3) is 0 Å². The van der Waals surface area contributed by atoms with Gasteiger partial charge in [-0.2, -0.15) is 31.3 Å². The zero-order chi connectivity index (χ0) is 21.5. The van der Waals surface area contributed by atoms with Crippen molar-refractivity contribution in [1.29, 1.82) is 0 Å². The van der Waals surface area contributed by atoms with Crippen molar-refractivity contribution in [2.75, 3.05) is 32.8 Å². The molecule has 13 heteroatoms. The second-order valence-electron chi connectivity index (χ2n) is 5.57. The van der Waals surface area contributed by atoms with Crippen LogP contribution < -0.4 is 14.4 Å². The van der Waals surface area contributed by atoms with Crippen LogP contribution in [0.5, 0.6) is 11.5 Å². The topological polar surface area (TPSA) is 80.6 Å². The number of amidine groups is 1. The van der Waals surface area contributed by atoms with Crippen LogP contribution in [0.2, 0.25) is 0 Å². The molecule has 2 rings (SSSR count). The van der Waals surface area contributed by atoms with E-state index in [-0.39, 0.29) is 18.3 Å². The highest BCUT2D eigenvalue weighted by atomic mass is 19.4. The lowest BCUT2D eigenvalue weighted by atomic mass is 9.91. The smallest absolute Gasteiger partial charge is 0.430 e. The Labute approximate surface area is 154 Å². The number of alkyl halides is 6. The highest BCUT2D eigenvalue weighted by Crippen LogP contribution is 2.53. The maximum Gasteiger partial charge on any atom is 0.430 e. The molecule has 0 unspecified atom stereocenters. The molecule has 1 aromatic carbocycles. The molecule has 0 spiro atoms. The standard InChI is InChI=1S/C15H14F6N2O5/c1-23(12-22-10(24)6-28-12)11-8(26-2)4-7(5-9(11)27-3)13(25,14(16,17)18)15(19,20)21/h4-5,25H,6H2,1-3H3. The van der Waals surface area contributed by atoms with Gasteiger partial charge in [0.2, 0.25) is 0 Å². The molecule has 0 atom stereocenters. The van der Waals surface area contributed by atoms with Crippen molar-refractivity contribution >= 4 is 17.6 Å². The molecule has 1 N–H and O–H groups in total. The molecular weight excluding hydrogens is 402 g/mol. The molecule has 7 nitrogen and oxygen atoms in total. The van der Waals surface area contributed by atoms with E-state index in [9.17, 15) is 36.2 Å². The van der Waals surface area contributed by atoms with E-state index in [1.165, 1.54) is 7.05 Å². The Morgan fingerprint density at radius 1 is 1.07 bits per heavy atom. The summed E-state index contributed by atoms with van der Waals surface area (Å²) in [5, 5.41) is 9.60. The summed E-state index contributed by atoms with van der Waals surface area (Å²) in [4.78, 5) is 15.8. The van der Waals surface area contributed by atoms with Crippen molar-refractivity contribution in [2.45, 2.75) is 18.0 Å². The molecule has 1 aliphatic rings. The molecule has 0 aliphatic carbocycles. The van der Waals surface area contributed by atoms with Crippen molar-refractivity contribution in [1.82, 2.24) is 0 Å². The van der Waals surface area contributed by atoms with Gasteiger partial charge in [-0.1, -0.05) is 0 Å². The largest absolute Gasteiger partial charge is 0.494 e. The van der Waals surface area contributed by atoms with Gasteiger partial charge >= 0.3 is 12.4 Å². The van der Waals surface area contributed by atoms with E-state index in [2.05, 4.69) is 4.99 Å². The summed E-state index contributed by atoms with van der Waals surface area (Å²) in [6.07, 6.45) is -12.2. The van der Waals surface area contributed by atoms with E-state index in [1.54, 1.807) is 0 Å². The maximum absolute atomic E-state index is 13.2. The van der Waals surface area contributed by atoms with Crippen molar-refractivity contribution in [3.05, 3.63) is 17.7 Å². The van der Waals surface area contributed by atoms with Crippen LogP contribution >= 0.6 is 0 Å². The Kier molecular flexibility index (Phi) is 5.43. The van der Waals surface area contributed by atoms with E-state index >= 15 is 0 Å². The van der Waals surface area contributed by atoms with Crippen LogP contribution in [-0.4, -0.2) is 57.3 Å². The van der Waals surface area contributed by atoms with E-state index in [4.69, 9.17) is 14.2 Å². The summed E-state index contributed by atoms with van der Waals surface area (Å²) >= 11 is 0. The molecule has 28 heavy (non-hydrogen) atoms. The van der Waals surface area contributed by atoms with E-state index < -0.39 is 40.9 Å². The van der Waals surface area contributed by atoms with E-state index in [0.717, 1.165) is 19.1 Å². The Balaban J connectivity index is 2.72. The van der Waals surface area contributed by atoms with E-state index in [1.807, 2.05) is 0 Å². The Hall–Kier alpha value is -2.70. The number of carbonyl (C=O) groups is 1. The van der Waals surface area contributed by atoms with Crippen molar-refractivity contribution < 1.29 is 50.5 Å². The number of ether oxygens (including phenoxy) is 3. The number of hydrogen-bond acceptors (Lipinski definition) is 6. The van der Waals surface area contributed by atoms with Gasteiger partial charge in [0.05, 0.1) is 14.2 Å². The fraction of sp³-hybridized carbons (Fsp3) is 0.467. The van der Waals surface area contributed by atoms with Gasteiger partial charge in [-0.3, -0.25) is 9.69 Å². The maximum atomic E-state index is 13.2. The Morgan fingerprint density at radius 2 is 1.54 bits per heavy atom. The zero-order valence-corrected chi connectivity index (χ0v) is 14.6. The lowest BCUT2D eigenvalue weighted by Crippen LogP contribution is -2.54. The van der Waals surface area contributed by atoms with Crippen LogP contribution in [-0.2, 0) is 15.1 Å². The first-order chi connectivity index (χ1) is 12.8. The summed E-state index contributed by atoms with van der Waals surface area (Å²) in [7, 11) is 3.24. The summed E-state index contributed by atoms with van der Waals surface area (Å²) in [6.45, 7) is -0.385. The predicted molar refractivity (Wildman–Crippen MR) is 82.3 cm³/mol. The second kappa shape index (κ2) is 7.04. The third-order valence-electron chi connectivity index (χ3n) is 3.89. The average molecular weight is 416 g/mol. The first-order valence-electron chi connectivity index (χ1n) is 7.38. The number of halogens is 6. The molecule has 0 aromatic heterocycles. The Morgan fingerprint density at radius 3 is 1.86 bits per heavy atom. The number of rotatable bonds is 4. The lowest BCUT2D eigenvalue weighted by molar-refractivity contribution is -0.376. The monoisotopic (exact) mass is 416 g/mol. The molecule has 1 amide bonds. The number of amides is 1. The molecule has 0 bridgehead atoms. The number of benzene rings is 1. The summed E-state index contributed by atoms with van der Waals surface area (Å²) in [6, 6.07) is 0.468. The van der Waals surface area contributed by atoms with Gasteiger partial charge < -0.3 is 19.3 Å². The van der Waals surface area contributed by atoms with Crippen LogP contribution in [0.1, 0.15) is 5.56 Å². The van der Waals surface area contributed by atoms with Crippen LogP contribution in [0.15, 0.2) is 17.1 Å². The van der Waals surface area contributed by atoms with Gasteiger partial charge in [-0.15, -0.1) is 0 Å². The SMILES string of the molecule is COc1cc(C(O)(C(F)(F)F)C(F)(F)F)cc(OC)c1N(C)C1=NC(=O)CO1. The highest BCUT2D eigenvalue weighted by molar-refractivity contribution is 6.05. The van der Waals surface area contributed by atoms with Gasteiger partial charge in [-0.05, 0) is 12.1 Å². The fourth-order valence-electron chi connectivity index (χ4n) is 2.49. The van der Waals surface area contributed by atoms with Crippen molar-refractivity contribution in [2.24, 2.45) is 4.99 Å². The van der Waals surface area contributed by atoms with Crippen LogP contribution in [0.4, 0.5) is 32.0 Å². The van der Waals surface area contributed by atoms with Gasteiger partial charge in [0.25, 0.3) is 17.5 Å². The average Bonchev–Trinajstić information content (AvgIpc) is 3.03. The van der Waals surface area contributed by atoms with E-state index in [0.29, 0.717) is 12.1 Å². The van der Waals surface area contributed by atoms with Gasteiger partial charge in [0.15, 0.2) is 6.61 Å². The third kappa shape index (κ3) is 3.41. The van der Waals surface area contributed by atoms with Crippen molar-refractivity contribution in [3.63, 3.8) is 0 Å². The number of aliphatic imine (C=N–C) groups is 1. The quantitative estimate of drug-likeness (QED) is 0.760. The zero-order valence-electron chi connectivity index (χ0n) is 14.6. The second-order valence-corrected chi connectivity index (χ2v) is 5.57. The third-order valence-corrected chi connectivity index (χ3v) is 3.89. The summed E-state index contributed by atoms with van der Waals surface area (Å²) in [5.74, 6) is -1.68. The molecule has 0 saturated carbocycles. The number of nitrogens with zero attached hydrogens (tertiary/aromatic N) is 2. The summed E-state index contributed by atoms with van der Waals surface area (Å²) < 4.78 is 93.8. The predicted octanol–water partition coefficient (Wildman–Crippen LogP) is 2.37. The number of hydrogen-bond donors (Lipinski definition) is 1. The molecular formula is C15H14F6N2O5. The van der Waals surface area contributed by atoms with Gasteiger partial charge in [0, 0.05) is 12.6 Å². The van der Waals surface area contributed by atoms with Crippen LogP contribution in [0, 0.1) is 0 Å². The molecule has 1 heterocycles. The molecule has 0 fully saturated rings. The fourth-order valence-corrected chi connectivity index (χ4v) is 2.49. The lowest BCUT2D eigenvalue weighted by Gasteiger charge is -2.33.